The molecule has 0 bridgehead atoms. The minimum atomic E-state index is -0.0691. The first kappa shape index (κ1) is 18.3. The van der Waals surface area contributed by atoms with E-state index in [1.807, 2.05) is 29.2 Å². The minimum absolute atomic E-state index is 0.0691. The number of thioether (sulfide) groups is 1. The molecule has 138 valence electrons. The van der Waals surface area contributed by atoms with E-state index in [9.17, 15) is 4.79 Å². The van der Waals surface area contributed by atoms with Gasteiger partial charge in [-0.3, -0.25) is 0 Å². The Labute approximate surface area is 157 Å². The standard InChI is InChI=1S/C18H23N5O2S/c1-3-26-15-7-5-4-6-14(15)20-18(24)23-12-10-22(11-13-23)17-19-9-8-16(21-17)25-2/h4-9H,3,10-13H2,1-2H3,(H,20,24). The summed E-state index contributed by atoms with van der Waals surface area (Å²) in [5.41, 5.74) is 0.864. The van der Waals surface area contributed by atoms with E-state index >= 15 is 0 Å². The average Bonchev–Trinajstić information content (AvgIpc) is 2.70. The summed E-state index contributed by atoms with van der Waals surface area (Å²) in [4.78, 5) is 26.2. The van der Waals surface area contributed by atoms with Crippen LogP contribution in [0.2, 0.25) is 0 Å². The third kappa shape index (κ3) is 4.37. The molecule has 1 saturated heterocycles. The number of urea groups is 1. The zero-order valence-electron chi connectivity index (χ0n) is 15.0. The van der Waals surface area contributed by atoms with Gasteiger partial charge in [0.15, 0.2) is 0 Å². The highest BCUT2D eigenvalue weighted by Crippen LogP contribution is 2.27. The number of hydrogen-bond acceptors (Lipinski definition) is 6. The van der Waals surface area contributed by atoms with Gasteiger partial charge in [-0.05, 0) is 17.9 Å². The van der Waals surface area contributed by atoms with Crippen molar-refractivity contribution >= 4 is 29.4 Å². The van der Waals surface area contributed by atoms with Crippen molar-refractivity contribution < 1.29 is 9.53 Å². The number of amides is 2. The number of carbonyl (C=O) groups excluding carboxylic acids is 1. The molecule has 1 fully saturated rings. The van der Waals surface area contributed by atoms with Crippen molar-refractivity contribution in [1.29, 1.82) is 0 Å². The molecule has 0 radical (unpaired) electrons. The molecule has 1 aromatic carbocycles. The van der Waals surface area contributed by atoms with E-state index in [1.165, 1.54) is 0 Å². The van der Waals surface area contributed by atoms with Gasteiger partial charge in [0, 0.05) is 43.3 Å². The zero-order valence-corrected chi connectivity index (χ0v) is 15.8. The highest BCUT2D eigenvalue weighted by atomic mass is 32.2. The molecule has 0 atom stereocenters. The fraction of sp³-hybridized carbons (Fsp3) is 0.389. The largest absolute Gasteiger partial charge is 0.481 e. The number of ether oxygens (including phenoxy) is 1. The molecular weight excluding hydrogens is 350 g/mol. The Morgan fingerprint density at radius 2 is 2.00 bits per heavy atom. The summed E-state index contributed by atoms with van der Waals surface area (Å²) >= 11 is 1.72. The third-order valence-electron chi connectivity index (χ3n) is 4.10. The Kier molecular flexibility index (Phi) is 6.17. The number of benzene rings is 1. The van der Waals surface area contributed by atoms with Crippen LogP contribution in [0.15, 0.2) is 41.4 Å². The molecule has 8 heteroatoms. The van der Waals surface area contributed by atoms with Crippen molar-refractivity contribution in [1.82, 2.24) is 14.9 Å². The number of nitrogens with zero attached hydrogens (tertiary/aromatic N) is 4. The summed E-state index contributed by atoms with van der Waals surface area (Å²) in [6.45, 7) is 4.71. The SMILES string of the molecule is CCSc1ccccc1NC(=O)N1CCN(c2nccc(OC)n2)CC1. The molecule has 0 saturated carbocycles. The van der Waals surface area contributed by atoms with Crippen LogP contribution < -0.4 is 15.0 Å². The van der Waals surface area contributed by atoms with Gasteiger partial charge in [0.25, 0.3) is 0 Å². The molecule has 0 unspecified atom stereocenters. The van der Waals surface area contributed by atoms with E-state index in [4.69, 9.17) is 4.74 Å². The highest BCUT2D eigenvalue weighted by molar-refractivity contribution is 7.99. The molecule has 26 heavy (non-hydrogen) atoms. The Morgan fingerprint density at radius 1 is 1.23 bits per heavy atom. The number of carbonyl (C=O) groups is 1. The first-order valence-electron chi connectivity index (χ1n) is 8.61. The molecule has 0 aliphatic carbocycles. The maximum atomic E-state index is 12.6. The van der Waals surface area contributed by atoms with Crippen molar-refractivity contribution in [3.8, 4) is 5.88 Å². The number of aromatic nitrogens is 2. The first-order valence-corrected chi connectivity index (χ1v) is 9.59. The number of rotatable bonds is 5. The van der Waals surface area contributed by atoms with Crippen LogP contribution in [0.3, 0.4) is 0 Å². The van der Waals surface area contributed by atoms with E-state index in [1.54, 1.807) is 31.1 Å². The Hall–Kier alpha value is -2.48. The summed E-state index contributed by atoms with van der Waals surface area (Å²) < 4.78 is 5.15. The van der Waals surface area contributed by atoms with Gasteiger partial charge >= 0.3 is 6.03 Å². The van der Waals surface area contributed by atoms with Crippen LogP contribution in [0.25, 0.3) is 0 Å². The third-order valence-corrected chi connectivity index (χ3v) is 5.06. The van der Waals surface area contributed by atoms with Gasteiger partial charge in [-0.1, -0.05) is 19.1 Å². The van der Waals surface area contributed by atoms with Gasteiger partial charge in [0.2, 0.25) is 11.8 Å². The molecule has 2 heterocycles. The van der Waals surface area contributed by atoms with Crippen LogP contribution >= 0.6 is 11.8 Å². The Bertz CT molecular complexity index is 750. The van der Waals surface area contributed by atoms with Crippen molar-refractivity contribution in [2.75, 3.05) is 49.3 Å². The molecular formula is C18H23N5O2S. The average molecular weight is 373 g/mol. The zero-order chi connectivity index (χ0) is 18.4. The number of hydrogen-bond donors (Lipinski definition) is 1. The summed E-state index contributed by atoms with van der Waals surface area (Å²) in [5, 5.41) is 3.03. The number of anilines is 2. The molecule has 1 N–H and O–H groups in total. The lowest BCUT2D eigenvalue weighted by molar-refractivity contribution is 0.208. The van der Waals surface area contributed by atoms with E-state index in [0.29, 0.717) is 38.0 Å². The first-order chi connectivity index (χ1) is 12.7. The van der Waals surface area contributed by atoms with Crippen LogP contribution in [-0.4, -0.2) is 59.9 Å². The molecule has 1 aliphatic rings. The topological polar surface area (TPSA) is 70.6 Å². The molecule has 0 spiro atoms. The predicted octanol–water partition coefficient (Wildman–Crippen LogP) is 2.95. The number of piperazine rings is 1. The summed E-state index contributed by atoms with van der Waals surface area (Å²) in [5.74, 6) is 2.14. The van der Waals surface area contributed by atoms with Gasteiger partial charge in [-0.15, -0.1) is 11.8 Å². The van der Waals surface area contributed by atoms with Crippen LogP contribution in [0.1, 0.15) is 6.92 Å². The Morgan fingerprint density at radius 3 is 2.73 bits per heavy atom. The van der Waals surface area contributed by atoms with Crippen molar-refractivity contribution in [3.63, 3.8) is 0 Å². The highest BCUT2D eigenvalue weighted by Gasteiger charge is 2.23. The summed E-state index contributed by atoms with van der Waals surface area (Å²) in [6.07, 6.45) is 1.68. The second-order valence-corrected chi connectivity index (χ2v) is 7.04. The lowest BCUT2D eigenvalue weighted by Crippen LogP contribution is -2.50. The molecule has 3 rings (SSSR count). The normalized spacial score (nSPS) is 14.2. The van der Waals surface area contributed by atoms with Crippen LogP contribution in [0.4, 0.5) is 16.4 Å². The van der Waals surface area contributed by atoms with E-state index in [2.05, 4.69) is 27.1 Å². The number of nitrogens with one attached hydrogen (secondary N) is 1. The molecule has 2 aromatic rings. The van der Waals surface area contributed by atoms with Crippen LogP contribution in [-0.2, 0) is 0 Å². The minimum Gasteiger partial charge on any atom is -0.481 e. The summed E-state index contributed by atoms with van der Waals surface area (Å²) in [7, 11) is 1.59. The smallest absolute Gasteiger partial charge is 0.321 e. The van der Waals surface area contributed by atoms with Gasteiger partial charge in [-0.25, -0.2) is 9.78 Å². The van der Waals surface area contributed by atoms with Crippen molar-refractivity contribution in [2.45, 2.75) is 11.8 Å². The molecule has 1 aromatic heterocycles. The van der Waals surface area contributed by atoms with Gasteiger partial charge in [0.05, 0.1) is 12.8 Å². The van der Waals surface area contributed by atoms with E-state index < -0.39 is 0 Å². The molecule has 2 amide bonds. The van der Waals surface area contributed by atoms with Crippen molar-refractivity contribution in [3.05, 3.63) is 36.5 Å². The second kappa shape index (κ2) is 8.75. The van der Waals surface area contributed by atoms with Gasteiger partial charge in [0.1, 0.15) is 0 Å². The lowest BCUT2D eigenvalue weighted by atomic mass is 10.3. The van der Waals surface area contributed by atoms with Crippen molar-refractivity contribution in [2.24, 2.45) is 0 Å². The lowest BCUT2D eigenvalue weighted by Gasteiger charge is -2.34. The second-order valence-electron chi connectivity index (χ2n) is 5.73. The number of para-hydroxylation sites is 1. The van der Waals surface area contributed by atoms with E-state index in [0.717, 1.165) is 16.3 Å². The molecule has 1 aliphatic heterocycles. The fourth-order valence-corrected chi connectivity index (χ4v) is 3.51. The fourth-order valence-electron chi connectivity index (χ4n) is 2.75. The van der Waals surface area contributed by atoms with Crippen LogP contribution in [0.5, 0.6) is 5.88 Å². The van der Waals surface area contributed by atoms with Gasteiger partial charge in [-0.2, -0.15) is 4.98 Å². The maximum absolute atomic E-state index is 12.6. The van der Waals surface area contributed by atoms with Crippen LogP contribution in [0, 0.1) is 0 Å². The quantitative estimate of drug-likeness (QED) is 0.813. The Balaban J connectivity index is 1.58. The maximum Gasteiger partial charge on any atom is 0.321 e. The predicted molar refractivity (Wildman–Crippen MR) is 104 cm³/mol. The summed E-state index contributed by atoms with van der Waals surface area (Å²) in [6, 6.07) is 9.55. The van der Waals surface area contributed by atoms with Gasteiger partial charge < -0.3 is 19.9 Å². The monoisotopic (exact) mass is 373 g/mol. The van der Waals surface area contributed by atoms with E-state index in [-0.39, 0.29) is 6.03 Å². The molecule has 7 nitrogen and oxygen atoms in total. The number of methoxy groups -OCH3 is 1.